The summed E-state index contributed by atoms with van der Waals surface area (Å²) in [4.78, 5) is 12.0. The van der Waals surface area contributed by atoms with Gasteiger partial charge in [0.15, 0.2) is 5.82 Å². The van der Waals surface area contributed by atoms with Gasteiger partial charge in [0.1, 0.15) is 0 Å². The number of hydrogen-bond acceptors (Lipinski definition) is 4. The van der Waals surface area contributed by atoms with E-state index in [1.165, 1.54) is 12.8 Å². The second kappa shape index (κ2) is 6.30. The molecule has 1 unspecified atom stereocenters. The number of nitrogens with zero attached hydrogens (tertiary/aromatic N) is 2. The zero-order valence-electron chi connectivity index (χ0n) is 9.85. The standard InChI is InChI=1S/C12H18N4O/c17-12(15-11-7-5-9-14-16-11)10-6-3-1-2-4-8-13-10/h5,7,9-10,13H,1-4,6,8H2,(H,15,16,17). The van der Waals surface area contributed by atoms with E-state index in [9.17, 15) is 4.79 Å². The van der Waals surface area contributed by atoms with Gasteiger partial charge in [-0.3, -0.25) is 4.79 Å². The van der Waals surface area contributed by atoms with Crippen LogP contribution in [-0.4, -0.2) is 28.7 Å². The van der Waals surface area contributed by atoms with Crippen LogP contribution in [0, 0.1) is 0 Å². The van der Waals surface area contributed by atoms with Crippen molar-refractivity contribution in [3.05, 3.63) is 18.3 Å². The summed E-state index contributed by atoms with van der Waals surface area (Å²) in [5.74, 6) is 0.508. The molecule has 0 radical (unpaired) electrons. The van der Waals surface area contributed by atoms with E-state index in [0.29, 0.717) is 5.82 Å². The zero-order valence-corrected chi connectivity index (χ0v) is 9.85. The van der Waals surface area contributed by atoms with Gasteiger partial charge in [0, 0.05) is 6.20 Å². The fourth-order valence-electron chi connectivity index (χ4n) is 2.01. The van der Waals surface area contributed by atoms with Crippen molar-refractivity contribution in [1.29, 1.82) is 0 Å². The van der Waals surface area contributed by atoms with Crippen LogP contribution >= 0.6 is 0 Å². The molecule has 1 fully saturated rings. The summed E-state index contributed by atoms with van der Waals surface area (Å²) in [6.07, 6.45) is 7.21. The monoisotopic (exact) mass is 234 g/mol. The maximum Gasteiger partial charge on any atom is 0.242 e. The van der Waals surface area contributed by atoms with Crippen LogP contribution in [0.4, 0.5) is 5.82 Å². The molecule has 0 saturated carbocycles. The fraction of sp³-hybridized carbons (Fsp3) is 0.583. The highest BCUT2D eigenvalue weighted by molar-refractivity contribution is 5.93. The van der Waals surface area contributed by atoms with Crippen molar-refractivity contribution < 1.29 is 4.79 Å². The molecule has 0 aromatic carbocycles. The van der Waals surface area contributed by atoms with E-state index in [1.807, 2.05) is 0 Å². The second-order valence-electron chi connectivity index (χ2n) is 4.31. The van der Waals surface area contributed by atoms with Crippen molar-refractivity contribution in [1.82, 2.24) is 15.5 Å². The summed E-state index contributed by atoms with van der Waals surface area (Å²) in [5.41, 5.74) is 0. The molecular weight excluding hydrogens is 216 g/mol. The lowest BCUT2D eigenvalue weighted by molar-refractivity contribution is -0.118. The maximum atomic E-state index is 12.0. The highest BCUT2D eigenvalue weighted by Crippen LogP contribution is 2.11. The number of aromatic nitrogens is 2. The summed E-state index contributed by atoms with van der Waals surface area (Å²) in [7, 11) is 0. The van der Waals surface area contributed by atoms with Gasteiger partial charge in [-0.05, 0) is 31.5 Å². The van der Waals surface area contributed by atoms with Crippen LogP contribution in [0.5, 0.6) is 0 Å². The molecule has 1 aromatic heterocycles. The lowest BCUT2D eigenvalue weighted by atomic mass is 10.0. The first-order chi connectivity index (χ1) is 8.36. The highest BCUT2D eigenvalue weighted by atomic mass is 16.2. The summed E-state index contributed by atoms with van der Waals surface area (Å²) in [6.45, 7) is 0.915. The molecule has 5 heteroatoms. The normalized spacial score (nSPS) is 21.3. The Balaban J connectivity index is 1.89. The van der Waals surface area contributed by atoms with Gasteiger partial charge in [-0.25, -0.2) is 0 Å². The van der Waals surface area contributed by atoms with Crippen molar-refractivity contribution in [3.63, 3.8) is 0 Å². The van der Waals surface area contributed by atoms with Crippen LogP contribution in [0.25, 0.3) is 0 Å². The topological polar surface area (TPSA) is 66.9 Å². The predicted molar refractivity (Wildman–Crippen MR) is 65.5 cm³/mol. The van der Waals surface area contributed by atoms with E-state index in [4.69, 9.17) is 0 Å². The van der Waals surface area contributed by atoms with Gasteiger partial charge in [0.2, 0.25) is 5.91 Å². The molecule has 1 aliphatic rings. The molecule has 92 valence electrons. The van der Waals surface area contributed by atoms with Crippen LogP contribution < -0.4 is 10.6 Å². The van der Waals surface area contributed by atoms with Gasteiger partial charge < -0.3 is 10.6 Å². The van der Waals surface area contributed by atoms with Gasteiger partial charge in [0.05, 0.1) is 6.04 Å². The van der Waals surface area contributed by atoms with E-state index >= 15 is 0 Å². The van der Waals surface area contributed by atoms with Crippen molar-refractivity contribution in [3.8, 4) is 0 Å². The summed E-state index contributed by atoms with van der Waals surface area (Å²) in [5, 5.41) is 13.6. The minimum Gasteiger partial charge on any atom is -0.308 e. The molecule has 1 saturated heterocycles. The average molecular weight is 234 g/mol. The molecular formula is C12H18N4O. The van der Waals surface area contributed by atoms with E-state index in [-0.39, 0.29) is 11.9 Å². The lowest BCUT2D eigenvalue weighted by Crippen LogP contribution is -2.41. The lowest BCUT2D eigenvalue weighted by Gasteiger charge is -2.20. The molecule has 0 aliphatic carbocycles. The Kier molecular flexibility index (Phi) is 4.44. The third-order valence-electron chi connectivity index (χ3n) is 2.95. The smallest absolute Gasteiger partial charge is 0.242 e. The number of anilines is 1. The molecule has 1 aromatic rings. The second-order valence-corrected chi connectivity index (χ2v) is 4.31. The molecule has 5 nitrogen and oxygen atoms in total. The summed E-state index contributed by atoms with van der Waals surface area (Å²) in [6, 6.07) is 3.40. The summed E-state index contributed by atoms with van der Waals surface area (Å²) >= 11 is 0. The van der Waals surface area contributed by atoms with Gasteiger partial charge in [-0.1, -0.05) is 19.3 Å². The van der Waals surface area contributed by atoms with E-state index < -0.39 is 0 Å². The van der Waals surface area contributed by atoms with Crippen molar-refractivity contribution in [2.75, 3.05) is 11.9 Å². The Labute approximate surface area is 101 Å². The van der Waals surface area contributed by atoms with E-state index in [0.717, 1.165) is 25.8 Å². The molecule has 2 rings (SSSR count). The quantitative estimate of drug-likeness (QED) is 0.810. The first kappa shape index (κ1) is 12.0. The Bertz CT molecular complexity index is 347. The van der Waals surface area contributed by atoms with Crippen LogP contribution in [0.3, 0.4) is 0 Å². The maximum absolute atomic E-state index is 12.0. The first-order valence-corrected chi connectivity index (χ1v) is 6.18. The molecule has 2 heterocycles. The molecule has 1 atom stereocenters. The molecule has 1 amide bonds. The SMILES string of the molecule is O=C(Nc1cccnn1)C1CCCCCCN1. The Morgan fingerprint density at radius 3 is 3.06 bits per heavy atom. The van der Waals surface area contributed by atoms with Gasteiger partial charge in [-0.2, -0.15) is 5.10 Å². The number of carbonyl (C=O) groups excluding carboxylic acids is 1. The minimum absolute atomic E-state index is 0.00704. The molecule has 2 N–H and O–H groups in total. The van der Waals surface area contributed by atoms with Gasteiger partial charge >= 0.3 is 0 Å². The van der Waals surface area contributed by atoms with Gasteiger partial charge in [-0.15, -0.1) is 5.10 Å². The van der Waals surface area contributed by atoms with Crippen LogP contribution in [0.15, 0.2) is 18.3 Å². The number of rotatable bonds is 2. The third kappa shape index (κ3) is 3.78. The first-order valence-electron chi connectivity index (χ1n) is 6.18. The fourth-order valence-corrected chi connectivity index (χ4v) is 2.01. The van der Waals surface area contributed by atoms with Crippen LogP contribution in [0.1, 0.15) is 32.1 Å². The number of amides is 1. The highest BCUT2D eigenvalue weighted by Gasteiger charge is 2.18. The summed E-state index contributed by atoms with van der Waals surface area (Å²) < 4.78 is 0. The Hall–Kier alpha value is -1.49. The van der Waals surface area contributed by atoms with Gasteiger partial charge in [0.25, 0.3) is 0 Å². The number of nitrogens with one attached hydrogen (secondary N) is 2. The van der Waals surface area contributed by atoms with E-state index in [2.05, 4.69) is 20.8 Å². The third-order valence-corrected chi connectivity index (χ3v) is 2.95. The van der Waals surface area contributed by atoms with Crippen molar-refractivity contribution in [2.45, 2.75) is 38.1 Å². The predicted octanol–water partition coefficient (Wildman–Crippen LogP) is 1.34. The van der Waals surface area contributed by atoms with Crippen LogP contribution in [-0.2, 0) is 4.79 Å². The number of hydrogen-bond donors (Lipinski definition) is 2. The zero-order chi connectivity index (χ0) is 11.9. The Morgan fingerprint density at radius 2 is 2.24 bits per heavy atom. The molecule has 0 spiro atoms. The molecule has 17 heavy (non-hydrogen) atoms. The Morgan fingerprint density at radius 1 is 1.35 bits per heavy atom. The molecule has 1 aliphatic heterocycles. The molecule has 0 bridgehead atoms. The minimum atomic E-state index is -0.0997. The van der Waals surface area contributed by atoms with Crippen molar-refractivity contribution in [2.24, 2.45) is 0 Å². The number of carbonyl (C=O) groups is 1. The van der Waals surface area contributed by atoms with Crippen LogP contribution in [0.2, 0.25) is 0 Å². The average Bonchev–Trinajstić information content (AvgIpc) is 2.29. The van der Waals surface area contributed by atoms with Crippen molar-refractivity contribution >= 4 is 11.7 Å². The van der Waals surface area contributed by atoms with E-state index in [1.54, 1.807) is 18.3 Å². The largest absolute Gasteiger partial charge is 0.308 e.